The third-order valence-corrected chi connectivity index (χ3v) is 9.26. The van der Waals surface area contributed by atoms with Gasteiger partial charge in [-0.15, -0.1) is 0 Å². The second kappa shape index (κ2) is 17.5. The Morgan fingerprint density at radius 1 is 0.581 bits per heavy atom. The molecule has 0 bridgehead atoms. The SMILES string of the molecule is CCCN(CC)CC(CC[Si](OC)(OC)OC)(CN(CC)CCC)CN(CC)CCC. The van der Waals surface area contributed by atoms with Crippen LogP contribution >= 0.6 is 0 Å². The Morgan fingerprint density at radius 2 is 0.903 bits per heavy atom. The molecule has 0 aliphatic heterocycles. The standard InChI is InChI=1S/C24H55N3O3Si/c1-10-17-25(13-4)21-24(22-26(14-5)18-11-2,23-27(15-6)19-12-3)16-20-31(28-7,29-8)30-9/h10-23H2,1-9H3. The maximum atomic E-state index is 5.82. The predicted octanol–water partition coefficient (Wildman–Crippen LogP) is 4.44. The first-order chi connectivity index (χ1) is 14.9. The average Bonchev–Trinajstić information content (AvgIpc) is 2.79. The molecule has 0 unspecified atom stereocenters. The third-order valence-electron chi connectivity index (χ3n) is 6.53. The summed E-state index contributed by atoms with van der Waals surface area (Å²) in [6, 6.07) is 0.855. The normalized spacial score (nSPS) is 13.2. The molecule has 0 rings (SSSR count). The lowest BCUT2D eigenvalue weighted by molar-refractivity contribution is 0.0463. The lowest BCUT2D eigenvalue weighted by Gasteiger charge is -2.45. The van der Waals surface area contributed by atoms with Crippen molar-refractivity contribution in [3.8, 4) is 0 Å². The highest BCUT2D eigenvalue weighted by atomic mass is 28.4. The lowest BCUT2D eigenvalue weighted by Crippen LogP contribution is -2.54. The molecule has 31 heavy (non-hydrogen) atoms. The van der Waals surface area contributed by atoms with E-state index in [4.69, 9.17) is 13.3 Å². The van der Waals surface area contributed by atoms with E-state index in [9.17, 15) is 0 Å². The van der Waals surface area contributed by atoms with Crippen LogP contribution in [0.1, 0.15) is 67.2 Å². The van der Waals surface area contributed by atoms with E-state index in [1.807, 2.05) is 0 Å². The van der Waals surface area contributed by atoms with Crippen LogP contribution in [0.15, 0.2) is 0 Å². The maximum absolute atomic E-state index is 5.82. The van der Waals surface area contributed by atoms with Gasteiger partial charge < -0.3 is 28.0 Å². The molecule has 0 aliphatic rings. The van der Waals surface area contributed by atoms with E-state index in [0.717, 1.165) is 71.4 Å². The molecule has 0 N–H and O–H groups in total. The summed E-state index contributed by atoms with van der Waals surface area (Å²) in [4.78, 5) is 7.94. The molecule has 6 nitrogen and oxygen atoms in total. The molecule has 0 saturated heterocycles. The van der Waals surface area contributed by atoms with E-state index in [0.29, 0.717) is 0 Å². The highest BCUT2D eigenvalue weighted by Crippen LogP contribution is 2.33. The van der Waals surface area contributed by atoms with Crippen molar-refractivity contribution in [3.63, 3.8) is 0 Å². The zero-order chi connectivity index (χ0) is 23.8. The van der Waals surface area contributed by atoms with Crippen LogP contribution in [0.3, 0.4) is 0 Å². The molecule has 188 valence electrons. The molecule has 0 atom stereocenters. The number of hydrogen-bond donors (Lipinski definition) is 0. The van der Waals surface area contributed by atoms with Crippen molar-refractivity contribution >= 4 is 8.80 Å². The van der Waals surface area contributed by atoms with Crippen LogP contribution < -0.4 is 0 Å². The van der Waals surface area contributed by atoms with Gasteiger partial charge in [-0.25, -0.2) is 0 Å². The second-order valence-corrected chi connectivity index (χ2v) is 12.0. The summed E-state index contributed by atoms with van der Waals surface area (Å²) in [5.41, 5.74) is 0.148. The summed E-state index contributed by atoms with van der Waals surface area (Å²) in [6.45, 7) is 23.8. The van der Waals surface area contributed by atoms with Crippen molar-refractivity contribution in [3.05, 3.63) is 0 Å². The van der Waals surface area contributed by atoms with E-state index in [2.05, 4.69) is 56.2 Å². The maximum Gasteiger partial charge on any atom is 0.500 e. The van der Waals surface area contributed by atoms with Crippen molar-refractivity contribution in [1.29, 1.82) is 0 Å². The van der Waals surface area contributed by atoms with E-state index in [1.54, 1.807) is 21.3 Å². The van der Waals surface area contributed by atoms with Crippen LogP contribution in [0.25, 0.3) is 0 Å². The molecular formula is C24H55N3O3Si. The molecule has 0 amide bonds. The smallest absolute Gasteiger partial charge is 0.377 e. The Balaban J connectivity index is 6.08. The minimum atomic E-state index is -2.62. The fourth-order valence-electron chi connectivity index (χ4n) is 4.78. The largest absolute Gasteiger partial charge is 0.500 e. The molecule has 0 aromatic rings. The summed E-state index contributed by atoms with van der Waals surface area (Å²) in [7, 11) is 2.59. The van der Waals surface area contributed by atoms with Crippen LogP contribution in [-0.4, -0.2) is 104 Å². The van der Waals surface area contributed by atoms with Crippen molar-refractivity contribution in [2.75, 3.05) is 80.2 Å². The van der Waals surface area contributed by atoms with Crippen molar-refractivity contribution in [1.82, 2.24) is 14.7 Å². The molecule has 0 fully saturated rings. The van der Waals surface area contributed by atoms with Crippen molar-refractivity contribution in [2.24, 2.45) is 5.41 Å². The molecule has 0 aromatic heterocycles. The minimum absolute atomic E-state index is 0.148. The van der Waals surface area contributed by atoms with Gasteiger partial charge in [0.15, 0.2) is 0 Å². The summed E-state index contributed by atoms with van der Waals surface area (Å²) in [6.07, 6.45) is 4.62. The van der Waals surface area contributed by atoms with Crippen molar-refractivity contribution < 1.29 is 13.3 Å². The molecular weight excluding hydrogens is 406 g/mol. The first-order valence-electron chi connectivity index (χ1n) is 12.7. The van der Waals surface area contributed by atoms with E-state index >= 15 is 0 Å². The summed E-state index contributed by atoms with van der Waals surface area (Å²) < 4.78 is 17.5. The van der Waals surface area contributed by atoms with Gasteiger partial charge in [0.25, 0.3) is 0 Å². The van der Waals surface area contributed by atoms with E-state index in [1.165, 1.54) is 19.3 Å². The van der Waals surface area contributed by atoms with Gasteiger partial charge in [0.1, 0.15) is 0 Å². The number of hydrogen-bond acceptors (Lipinski definition) is 6. The summed E-state index contributed by atoms with van der Waals surface area (Å²) in [5.74, 6) is 0. The quantitative estimate of drug-likeness (QED) is 0.235. The fraction of sp³-hybridized carbons (Fsp3) is 1.00. The molecule has 0 aromatic carbocycles. The van der Waals surface area contributed by atoms with Gasteiger partial charge in [0.05, 0.1) is 0 Å². The predicted molar refractivity (Wildman–Crippen MR) is 136 cm³/mol. The Labute approximate surface area is 196 Å². The molecule has 0 heterocycles. The highest BCUT2D eigenvalue weighted by Gasteiger charge is 2.43. The number of nitrogens with zero attached hydrogens (tertiary/aromatic N) is 3. The molecule has 7 heteroatoms. The average molecular weight is 462 g/mol. The summed E-state index contributed by atoms with van der Waals surface area (Å²) >= 11 is 0. The van der Waals surface area contributed by atoms with Gasteiger partial charge >= 0.3 is 8.80 Å². The Bertz CT molecular complexity index is 376. The van der Waals surface area contributed by atoms with Gasteiger partial charge in [0, 0.05) is 52.4 Å². The molecule has 0 spiro atoms. The zero-order valence-corrected chi connectivity index (χ0v) is 23.5. The fourth-order valence-corrected chi connectivity index (χ4v) is 6.73. The Hall–Kier alpha value is -0.0231. The topological polar surface area (TPSA) is 37.4 Å². The van der Waals surface area contributed by atoms with Gasteiger partial charge in [-0.1, -0.05) is 41.5 Å². The first kappa shape index (κ1) is 31.0. The molecule has 0 saturated carbocycles. The van der Waals surface area contributed by atoms with Crippen LogP contribution in [0.5, 0.6) is 0 Å². The Kier molecular flexibility index (Phi) is 17.4. The first-order valence-corrected chi connectivity index (χ1v) is 14.6. The monoisotopic (exact) mass is 461 g/mol. The minimum Gasteiger partial charge on any atom is -0.377 e. The highest BCUT2D eigenvalue weighted by molar-refractivity contribution is 6.60. The van der Waals surface area contributed by atoms with E-state index < -0.39 is 8.80 Å². The van der Waals surface area contributed by atoms with Crippen molar-refractivity contribution in [2.45, 2.75) is 73.3 Å². The van der Waals surface area contributed by atoms with Gasteiger partial charge in [-0.3, -0.25) is 0 Å². The van der Waals surface area contributed by atoms with Crippen LogP contribution in [-0.2, 0) is 13.3 Å². The summed E-state index contributed by atoms with van der Waals surface area (Å²) in [5, 5.41) is 0. The molecule has 0 aliphatic carbocycles. The van der Waals surface area contributed by atoms with Gasteiger partial charge in [0.2, 0.25) is 0 Å². The van der Waals surface area contributed by atoms with Crippen LogP contribution in [0.4, 0.5) is 0 Å². The van der Waals surface area contributed by atoms with Gasteiger partial charge in [-0.05, 0) is 65.0 Å². The third kappa shape index (κ3) is 11.1. The molecule has 0 radical (unpaired) electrons. The zero-order valence-electron chi connectivity index (χ0n) is 22.5. The van der Waals surface area contributed by atoms with E-state index in [-0.39, 0.29) is 5.41 Å². The van der Waals surface area contributed by atoms with Gasteiger partial charge in [-0.2, -0.15) is 0 Å². The Morgan fingerprint density at radius 3 is 1.13 bits per heavy atom. The second-order valence-electron chi connectivity index (χ2n) is 8.90. The lowest BCUT2D eigenvalue weighted by atomic mass is 9.82. The van der Waals surface area contributed by atoms with Crippen LogP contribution in [0.2, 0.25) is 6.04 Å². The number of rotatable bonds is 21. The van der Waals surface area contributed by atoms with Crippen LogP contribution in [0, 0.1) is 5.41 Å².